The van der Waals surface area contributed by atoms with Crippen molar-refractivity contribution in [3.05, 3.63) is 71.1 Å². The standard InChI is InChI=1S/C22H23FN2O4/c23-16-7-4-6-15(14-16)19-18(20(26)17-8-5-13-29-17)21(27)22(28)25(19)12-11-24-9-2-1-3-10-24/h4-8,13-14,19,27H,1-3,9-12H2. The molecule has 2 aliphatic heterocycles. The molecule has 29 heavy (non-hydrogen) atoms. The van der Waals surface area contributed by atoms with E-state index in [2.05, 4.69) is 4.90 Å². The maximum absolute atomic E-state index is 13.9. The third-order valence-corrected chi connectivity index (χ3v) is 5.56. The predicted octanol–water partition coefficient (Wildman–Crippen LogP) is 3.48. The van der Waals surface area contributed by atoms with Crippen molar-refractivity contribution in [2.75, 3.05) is 26.2 Å². The van der Waals surface area contributed by atoms with Gasteiger partial charge in [0.2, 0.25) is 5.78 Å². The van der Waals surface area contributed by atoms with Crippen LogP contribution in [-0.2, 0) is 4.79 Å². The Morgan fingerprint density at radius 1 is 1.14 bits per heavy atom. The normalized spacial score (nSPS) is 20.5. The Kier molecular flexibility index (Phi) is 5.49. The first-order valence-electron chi connectivity index (χ1n) is 9.86. The fourth-order valence-corrected chi connectivity index (χ4v) is 4.11. The molecule has 1 aromatic heterocycles. The number of hydrogen-bond acceptors (Lipinski definition) is 5. The SMILES string of the molecule is O=C(C1=C(O)C(=O)N(CCN2CCCCC2)C1c1cccc(F)c1)c1ccco1. The van der Waals surface area contributed by atoms with Gasteiger partial charge in [-0.1, -0.05) is 18.6 Å². The highest BCUT2D eigenvalue weighted by atomic mass is 19.1. The molecule has 0 aliphatic carbocycles. The van der Waals surface area contributed by atoms with Crippen LogP contribution >= 0.6 is 0 Å². The molecule has 0 spiro atoms. The lowest BCUT2D eigenvalue weighted by Gasteiger charge is -2.31. The summed E-state index contributed by atoms with van der Waals surface area (Å²) < 4.78 is 19.1. The zero-order valence-electron chi connectivity index (χ0n) is 16.0. The summed E-state index contributed by atoms with van der Waals surface area (Å²) >= 11 is 0. The van der Waals surface area contributed by atoms with E-state index in [1.165, 1.54) is 41.8 Å². The highest BCUT2D eigenvalue weighted by molar-refractivity contribution is 6.15. The molecule has 1 saturated heterocycles. The number of Topliss-reactive ketones (excluding diaryl/α,β-unsaturated/α-hetero) is 1. The summed E-state index contributed by atoms with van der Waals surface area (Å²) in [6.07, 6.45) is 4.79. The van der Waals surface area contributed by atoms with Crippen molar-refractivity contribution in [3.63, 3.8) is 0 Å². The lowest BCUT2D eigenvalue weighted by Crippen LogP contribution is -2.40. The number of aliphatic hydroxyl groups is 1. The van der Waals surface area contributed by atoms with Gasteiger partial charge < -0.3 is 19.3 Å². The van der Waals surface area contributed by atoms with Crippen molar-refractivity contribution in [2.45, 2.75) is 25.3 Å². The van der Waals surface area contributed by atoms with Crippen LogP contribution in [0.1, 0.15) is 41.4 Å². The topological polar surface area (TPSA) is 74.0 Å². The average molecular weight is 398 g/mol. The molecule has 0 saturated carbocycles. The fraction of sp³-hybridized carbons (Fsp3) is 0.364. The molecule has 0 bridgehead atoms. The van der Waals surface area contributed by atoms with E-state index in [0.717, 1.165) is 25.9 Å². The number of amides is 1. The Bertz CT molecular complexity index is 932. The number of ketones is 1. The monoisotopic (exact) mass is 398 g/mol. The first kappa shape index (κ1) is 19.4. The molecule has 6 nitrogen and oxygen atoms in total. The summed E-state index contributed by atoms with van der Waals surface area (Å²) in [6.45, 7) is 2.89. The van der Waals surface area contributed by atoms with E-state index in [4.69, 9.17) is 4.42 Å². The molecule has 4 rings (SSSR count). The molecule has 1 amide bonds. The first-order chi connectivity index (χ1) is 14.1. The third-order valence-electron chi connectivity index (χ3n) is 5.56. The van der Waals surface area contributed by atoms with Crippen LogP contribution in [0.4, 0.5) is 4.39 Å². The second kappa shape index (κ2) is 8.21. The van der Waals surface area contributed by atoms with Crippen LogP contribution in [0.15, 0.2) is 58.4 Å². The van der Waals surface area contributed by atoms with Crippen molar-refractivity contribution in [1.82, 2.24) is 9.80 Å². The summed E-state index contributed by atoms with van der Waals surface area (Å²) in [5.74, 6) is -2.23. The van der Waals surface area contributed by atoms with Crippen LogP contribution in [0, 0.1) is 5.82 Å². The highest BCUT2D eigenvalue weighted by Gasteiger charge is 2.44. The minimum atomic E-state index is -0.861. The maximum atomic E-state index is 13.9. The van der Waals surface area contributed by atoms with E-state index in [-0.39, 0.29) is 11.3 Å². The van der Waals surface area contributed by atoms with Gasteiger partial charge in [0, 0.05) is 13.1 Å². The number of nitrogens with zero attached hydrogens (tertiary/aromatic N) is 2. The largest absolute Gasteiger partial charge is 0.503 e. The molecule has 7 heteroatoms. The summed E-state index contributed by atoms with van der Waals surface area (Å²) in [5.41, 5.74) is 0.366. The van der Waals surface area contributed by atoms with Crippen LogP contribution in [0.2, 0.25) is 0 Å². The summed E-state index contributed by atoms with van der Waals surface area (Å²) in [5, 5.41) is 10.6. The molecule has 152 valence electrons. The molecule has 2 aromatic rings. The van der Waals surface area contributed by atoms with Gasteiger partial charge in [-0.2, -0.15) is 0 Å². The van der Waals surface area contributed by atoms with E-state index in [0.29, 0.717) is 18.7 Å². The molecule has 2 aliphatic rings. The Hall–Kier alpha value is -2.93. The molecule has 1 aromatic carbocycles. The van der Waals surface area contributed by atoms with Crippen LogP contribution in [0.3, 0.4) is 0 Å². The quantitative estimate of drug-likeness (QED) is 0.754. The Morgan fingerprint density at radius 3 is 2.62 bits per heavy atom. The number of carbonyl (C=O) groups excluding carboxylic acids is 2. The van der Waals surface area contributed by atoms with Crippen molar-refractivity contribution in [3.8, 4) is 0 Å². The average Bonchev–Trinajstić information content (AvgIpc) is 3.35. The predicted molar refractivity (Wildman–Crippen MR) is 104 cm³/mol. The number of halogens is 1. The Balaban J connectivity index is 1.67. The van der Waals surface area contributed by atoms with Gasteiger partial charge in [0.15, 0.2) is 11.5 Å². The number of carbonyl (C=O) groups is 2. The first-order valence-corrected chi connectivity index (χ1v) is 9.86. The summed E-state index contributed by atoms with van der Waals surface area (Å²) in [4.78, 5) is 29.6. The van der Waals surface area contributed by atoms with Gasteiger partial charge in [-0.15, -0.1) is 0 Å². The number of likely N-dealkylation sites (tertiary alicyclic amines) is 1. The smallest absolute Gasteiger partial charge is 0.290 e. The van der Waals surface area contributed by atoms with Gasteiger partial charge in [-0.05, 0) is 55.8 Å². The second-order valence-corrected chi connectivity index (χ2v) is 7.43. The number of piperidine rings is 1. The van der Waals surface area contributed by atoms with Crippen molar-refractivity contribution in [1.29, 1.82) is 0 Å². The lowest BCUT2D eigenvalue weighted by atomic mass is 9.95. The molecular formula is C22H23FN2O4. The van der Waals surface area contributed by atoms with E-state index in [1.807, 2.05) is 0 Å². The van der Waals surface area contributed by atoms with Gasteiger partial charge in [-0.25, -0.2) is 4.39 Å². The molecule has 1 atom stereocenters. The zero-order valence-corrected chi connectivity index (χ0v) is 16.0. The molecule has 3 heterocycles. The minimum absolute atomic E-state index is 0.0265. The molecule has 0 radical (unpaired) electrons. The van der Waals surface area contributed by atoms with Crippen LogP contribution in [0.5, 0.6) is 0 Å². The van der Waals surface area contributed by atoms with Crippen molar-refractivity contribution < 1.29 is 23.5 Å². The van der Waals surface area contributed by atoms with Crippen LogP contribution in [-0.4, -0.2) is 52.8 Å². The second-order valence-electron chi connectivity index (χ2n) is 7.43. The molecule has 1 N–H and O–H groups in total. The van der Waals surface area contributed by atoms with Gasteiger partial charge in [0.25, 0.3) is 5.91 Å². The van der Waals surface area contributed by atoms with Crippen molar-refractivity contribution >= 4 is 11.7 Å². The van der Waals surface area contributed by atoms with Crippen molar-refractivity contribution in [2.24, 2.45) is 0 Å². The van der Waals surface area contributed by atoms with Crippen LogP contribution in [0.25, 0.3) is 0 Å². The molecule has 1 fully saturated rings. The lowest BCUT2D eigenvalue weighted by molar-refractivity contribution is -0.129. The van der Waals surface area contributed by atoms with E-state index >= 15 is 0 Å². The zero-order chi connectivity index (χ0) is 20.4. The fourth-order valence-electron chi connectivity index (χ4n) is 4.11. The van der Waals surface area contributed by atoms with Gasteiger partial charge >= 0.3 is 0 Å². The van der Waals surface area contributed by atoms with Gasteiger partial charge in [0.1, 0.15) is 5.82 Å². The van der Waals surface area contributed by atoms with Gasteiger partial charge in [-0.3, -0.25) is 9.59 Å². The number of hydrogen-bond donors (Lipinski definition) is 1. The number of furan rings is 1. The summed E-state index contributed by atoms with van der Waals surface area (Å²) in [7, 11) is 0. The van der Waals surface area contributed by atoms with E-state index in [9.17, 15) is 19.1 Å². The number of rotatable bonds is 6. The maximum Gasteiger partial charge on any atom is 0.290 e. The summed E-state index contributed by atoms with van der Waals surface area (Å²) in [6, 6.07) is 7.96. The third kappa shape index (κ3) is 3.82. The van der Waals surface area contributed by atoms with E-state index < -0.39 is 29.3 Å². The Labute approximate surface area is 168 Å². The number of benzene rings is 1. The Morgan fingerprint density at radius 2 is 1.93 bits per heavy atom. The van der Waals surface area contributed by atoms with Gasteiger partial charge in [0.05, 0.1) is 17.9 Å². The van der Waals surface area contributed by atoms with Crippen LogP contribution < -0.4 is 0 Å². The molecular weight excluding hydrogens is 375 g/mol. The van der Waals surface area contributed by atoms with E-state index in [1.54, 1.807) is 12.1 Å². The molecule has 1 unspecified atom stereocenters. The minimum Gasteiger partial charge on any atom is -0.503 e. The highest BCUT2D eigenvalue weighted by Crippen LogP contribution is 2.39. The number of aliphatic hydroxyl groups excluding tert-OH is 1.